The number of imidazole rings is 1. The van der Waals surface area contributed by atoms with Gasteiger partial charge >= 0.3 is 0 Å². The summed E-state index contributed by atoms with van der Waals surface area (Å²) in [6.45, 7) is 0.396. The Hall–Kier alpha value is -2.12. The predicted molar refractivity (Wildman–Crippen MR) is 76.1 cm³/mol. The molecule has 7 nitrogen and oxygen atoms in total. The van der Waals surface area contributed by atoms with Crippen molar-refractivity contribution >= 4 is 23.3 Å². The summed E-state index contributed by atoms with van der Waals surface area (Å²) in [5, 5.41) is 0.203. The Kier molecular flexibility index (Phi) is 4.21. The van der Waals surface area contributed by atoms with Crippen LogP contribution in [0.3, 0.4) is 0 Å². The van der Waals surface area contributed by atoms with Gasteiger partial charge in [0.05, 0.1) is 6.54 Å². The monoisotopic (exact) mass is 294 g/mol. The van der Waals surface area contributed by atoms with Gasteiger partial charge in [0.25, 0.3) is 5.91 Å². The number of pyridine rings is 1. The number of rotatable bonds is 4. The van der Waals surface area contributed by atoms with E-state index < -0.39 is 0 Å². The lowest BCUT2D eigenvalue weighted by Crippen LogP contribution is -2.27. The summed E-state index contributed by atoms with van der Waals surface area (Å²) in [6, 6.07) is 3.04. The minimum atomic E-state index is -0.186. The highest BCUT2D eigenvalue weighted by Crippen LogP contribution is 2.16. The van der Waals surface area contributed by atoms with Gasteiger partial charge in [0.1, 0.15) is 16.8 Å². The Labute approximate surface area is 121 Å². The van der Waals surface area contributed by atoms with Crippen LogP contribution in [0.5, 0.6) is 0 Å². The van der Waals surface area contributed by atoms with Crippen LogP contribution < -0.4 is 11.3 Å². The van der Waals surface area contributed by atoms with Crippen LogP contribution in [0.1, 0.15) is 16.2 Å². The fourth-order valence-electron chi connectivity index (χ4n) is 1.75. The standard InChI is InChI=1S/C12H15ClN6O/c1-18-4-3-15-11(18)7-19(2)12(20)8-5-9(13)16-10(6-8)17-14/h3-6H,7,14H2,1-2H3,(H,16,17). The van der Waals surface area contributed by atoms with Crippen LogP contribution >= 0.6 is 11.6 Å². The molecule has 2 rings (SSSR count). The van der Waals surface area contributed by atoms with Crippen molar-refractivity contribution in [3.63, 3.8) is 0 Å². The van der Waals surface area contributed by atoms with Crippen molar-refractivity contribution in [1.82, 2.24) is 19.4 Å². The van der Waals surface area contributed by atoms with Gasteiger partial charge in [-0.3, -0.25) is 4.79 Å². The molecule has 2 aromatic rings. The van der Waals surface area contributed by atoms with Crippen molar-refractivity contribution in [1.29, 1.82) is 0 Å². The number of anilines is 1. The SMILES string of the molecule is CN(Cc1nccn1C)C(=O)c1cc(Cl)nc(NN)c1. The molecule has 0 aromatic carbocycles. The number of hydrogen-bond acceptors (Lipinski definition) is 5. The van der Waals surface area contributed by atoms with E-state index in [1.165, 1.54) is 6.07 Å². The van der Waals surface area contributed by atoms with E-state index in [1.807, 2.05) is 17.8 Å². The van der Waals surface area contributed by atoms with Gasteiger partial charge in [-0.1, -0.05) is 11.6 Å². The lowest BCUT2D eigenvalue weighted by atomic mass is 10.2. The van der Waals surface area contributed by atoms with Crippen LogP contribution in [0, 0.1) is 0 Å². The summed E-state index contributed by atoms with van der Waals surface area (Å²) < 4.78 is 1.86. The highest BCUT2D eigenvalue weighted by molar-refractivity contribution is 6.29. The molecule has 0 aliphatic carbocycles. The number of nitrogen functional groups attached to an aromatic ring is 1. The zero-order chi connectivity index (χ0) is 14.7. The van der Waals surface area contributed by atoms with Gasteiger partial charge in [0, 0.05) is 32.1 Å². The Bertz CT molecular complexity index is 626. The van der Waals surface area contributed by atoms with Crippen LogP contribution in [-0.2, 0) is 13.6 Å². The summed E-state index contributed by atoms with van der Waals surface area (Å²) in [4.78, 5) is 22.0. The number of aromatic nitrogens is 3. The molecule has 0 aliphatic heterocycles. The van der Waals surface area contributed by atoms with Gasteiger partial charge < -0.3 is 14.9 Å². The summed E-state index contributed by atoms with van der Waals surface area (Å²) in [6.07, 6.45) is 3.51. The fourth-order valence-corrected chi connectivity index (χ4v) is 1.96. The van der Waals surface area contributed by atoms with Crippen molar-refractivity contribution in [3.05, 3.63) is 41.1 Å². The van der Waals surface area contributed by atoms with Crippen molar-refractivity contribution in [2.75, 3.05) is 12.5 Å². The van der Waals surface area contributed by atoms with Crippen LogP contribution in [0.4, 0.5) is 5.82 Å². The molecule has 0 saturated carbocycles. The Morgan fingerprint density at radius 1 is 1.55 bits per heavy atom. The normalized spacial score (nSPS) is 10.4. The maximum atomic E-state index is 12.3. The molecule has 0 aliphatic rings. The van der Waals surface area contributed by atoms with Gasteiger partial charge in [0.2, 0.25) is 0 Å². The van der Waals surface area contributed by atoms with Gasteiger partial charge in [-0.25, -0.2) is 15.8 Å². The number of carbonyl (C=O) groups excluding carboxylic acids is 1. The second kappa shape index (κ2) is 5.89. The largest absolute Gasteiger partial charge is 0.337 e. The number of amides is 1. The van der Waals surface area contributed by atoms with E-state index in [0.717, 1.165) is 5.82 Å². The van der Waals surface area contributed by atoms with E-state index in [1.54, 1.807) is 24.2 Å². The van der Waals surface area contributed by atoms with E-state index in [0.29, 0.717) is 17.9 Å². The molecule has 2 heterocycles. The van der Waals surface area contributed by atoms with Gasteiger partial charge in [-0.05, 0) is 12.1 Å². The first-order valence-corrected chi connectivity index (χ1v) is 6.25. The molecule has 0 fully saturated rings. The number of hydrogen-bond donors (Lipinski definition) is 2. The molecular weight excluding hydrogens is 280 g/mol. The molecule has 106 valence electrons. The summed E-state index contributed by atoms with van der Waals surface area (Å²) in [5.74, 6) is 6.23. The zero-order valence-corrected chi connectivity index (χ0v) is 11.9. The number of halogens is 1. The summed E-state index contributed by atoms with van der Waals surface area (Å²) in [5.41, 5.74) is 2.79. The van der Waals surface area contributed by atoms with Crippen LogP contribution in [0.25, 0.3) is 0 Å². The Morgan fingerprint density at radius 3 is 2.90 bits per heavy atom. The fraction of sp³-hybridized carbons (Fsp3) is 0.250. The van der Waals surface area contributed by atoms with Crippen molar-refractivity contribution < 1.29 is 4.79 Å². The van der Waals surface area contributed by atoms with Crippen LogP contribution in [0.15, 0.2) is 24.5 Å². The molecule has 0 atom stereocenters. The number of nitrogens with zero attached hydrogens (tertiary/aromatic N) is 4. The third kappa shape index (κ3) is 3.06. The lowest BCUT2D eigenvalue weighted by Gasteiger charge is -2.17. The van der Waals surface area contributed by atoms with E-state index >= 15 is 0 Å². The number of nitrogens with two attached hydrogens (primary N) is 1. The molecule has 0 radical (unpaired) electrons. The molecular formula is C12H15ClN6O. The smallest absolute Gasteiger partial charge is 0.254 e. The minimum absolute atomic E-state index is 0.186. The first-order chi connectivity index (χ1) is 9.51. The number of nitrogens with one attached hydrogen (secondary N) is 1. The molecule has 1 amide bonds. The third-order valence-electron chi connectivity index (χ3n) is 2.84. The molecule has 3 N–H and O–H groups in total. The van der Waals surface area contributed by atoms with Gasteiger partial charge in [-0.2, -0.15) is 0 Å². The van der Waals surface area contributed by atoms with Crippen molar-refractivity contribution in [2.45, 2.75) is 6.54 Å². The maximum Gasteiger partial charge on any atom is 0.254 e. The molecule has 2 aromatic heterocycles. The van der Waals surface area contributed by atoms with E-state index in [2.05, 4.69) is 15.4 Å². The van der Waals surface area contributed by atoms with E-state index in [4.69, 9.17) is 17.4 Å². The van der Waals surface area contributed by atoms with E-state index in [-0.39, 0.29) is 11.1 Å². The maximum absolute atomic E-state index is 12.3. The lowest BCUT2D eigenvalue weighted by molar-refractivity contribution is 0.0780. The molecule has 20 heavy (non-hydrogen) atoms. The van der Waals surface area contributed by atoms with Gasteiger partial charge in [0.15, 0.2) is 0 Å². The first-order valence-electron chi connectivity index (χ1n) is 5.87. The molecule has 0 unspecified atom stereocenters. The number of aryl methyl sites for hydroxylation is 1. The second-order valence-corrected chi connectivity index (χ2v) is 4.71. The first kappa shape index (κ1) is 14.3. The topological polar surface area (TPSA) is 89.1 Å². The number of carbonyl (C=O) groups is 1. The van der Waals surface area contributed by atoms with Crippen LogP contribution in [0.2, 0.25) is 5.15 Å². The van der Waals surface area contributed by atoms with Crippen LogP contribution in [-0.4, -0.2) is 32.4 Å². The minimum Gasteiger partial charge on any atom is -0.337 e. The highest BCUT2D eigenvalue weighted by atomic mass is 35.5. The summed E-state index contributed by atoms with van der Waals surface area (Å²) in [7, 11) is 3.57. The Balaban J connectivity index is 2.18. The molecule has 0 saturated heterocycles. The molecule has 0 bridgehead atoms. The van der Waals surface area contributed by atoms with Gasteiger partial charge in [-0.15, -0.1) is 0 Å². The van der Waals surface area contributed by atoms with Crippen molar-refractivity contribution in [3.8, 4) is 0 Å². The van der Waals surface area contributed by atoms with E-state index in [9.17, 15) is 4.79 Å². The second-order valence-electron chi connectivity index (χ2n) is 4.32. The Morgan fingerprint density at radius 2 is 2.30 bits per heavy atom. The predicted octanol–water partition coefficient (Wildman–Crippen LogP) is 1.03. The van der Waals surface area contributed by atoms with Crippen molar-refractivity contribution in [2.24, 2.45) is 12.9 Å². The average Bonchev–Trinajstić information content (AvgIpc) is 2.82. The molecule has 8 heteroatoms. The quantitative estimate of drug-likeness (QED) is 0.499. The zero-order valence-electron chi connectivity index (χ0n) is 11.2. The average molecular weight is 295 g/mol. The molecule has 0 spiro atoms. The number of hydrazine groups is 1. The summed E-state index contributed by atoms with van der Waals surface area (Å²) >= 11 is 5.85. The highest BCUT2D eigenvalue weighted by Gasteiger charge is 2.15. The third-order valence-corrected chi connectivity index (χ3v) is 3.03.